The van der Waals surface area contributed by atoms with Gasteiger partial charge in [-0.2, -0.15) is 0 Å². The van der Waals surface area contributed by atoms with Crippen LogP contribution in [0.1, 0.15) is 42.4 Å². The lowest BCUT2D eigenvalue weighted by atomic mass is 9.80. The van der Waals surface area contributed by atoms with E-state index in [0.717, 1.165) is 5.56 Å². The summed E-state index contributed by atoms with van der Waals surface area (Å²) < 4.78 is 0. The molecule has 6 rings (SSSR count). The molecule has 1 nitrogen and oxygen atoms in total. The van der Waals surface area contributed by atoms with Crippen LogP contribution in [0.2, 0.25) is 0 Å². The maximum Gasteiger partial charge on any atom is 0.0752 e. The van der Waals surface area contributed by atoms with Gasteiger partial charge >= 0.3 is 0 Å². The standard InChI is InChI=1S/C40H37N/c1-4-31-15-17-34(18-16-31)35-19-21-38(22-20-35)41(39(2)27-23-36(24-28-39)32-11-7-5-8-12-32)40(3)29-25-37(26-30-40)33-13-9-6-10-14-33/h4-30,36-37H,1H2,2-3H3. The zero-order valence-electron chi connectivity index (χ0n) is 23.9. The number of rotatable bonds is 7. The predicted octanol–water partition coefficient (Wildman–Crippen LogP) is 10.1. The lowest BCUT2D eigenvalue weighted by Gasteiger charge is -2.50. The molecular formula is C40H37N. The Hall–Kier alpha value is -4.62. The molecule has 2 aliphatic rings. The molecule has 0 atom stereocenters. The van der Waals surface area contributed by atoms with Crippen LogP contribution in [0.5, 0.6) is 0 Å². The third-order valence-electron chi connectivity index (χ3n) is 8.50. The Morgan fingerprint density at radius 2 is 0.927 bits per heavy atom. The van der Waals surface area contributed by atoms with E-state index in [-0.39, 0.29) is 22.9 Å². The molecule has 4 aromatic carbocycles. The Morgan fingerprint density at radius 3 is 1.32 bits per heavy atom. The first-order chi connectivity index (χ1) is 20.0. The fourth-order valence-electron chi connectivity index (χ4n) is 6.22. The van der Waals surface area contributed by atoms with Crippen molar-refractivity contribution < 1.29 is 0 Å². The number of allylic oxidation sites excluding steroid dienone is 4. The minimum Gasteiger partial charge on any atom is -0.347 e. The van der Waals surface area contributed by atoms with Gasteiger partial charge in [-0.05, 0) is 53.8 Å². The summed E-state index contributed by atoms with van der Waals surface area (Å²) in [5, 5.41) is 0. The van der Waals surface area contributed by atoms with Gasteiger partial charge < -0.3 is 4.90 Å². The molecule has 0 spiro atoms. The van der Waals surface area contributed by atoms with Crippen LogP contribution in [0.25, 0.3) is 17.2 Å². The summed E-state index contributed by atoms with van der Waals surface area (Å²) >= 11 is 0. The summed E-state index contributed by atoms with van der Waals surface area (Å²) in [4.78, 5) is 2.55. The first-order valence-corrected chi connectivity index (χ1v) is 14.5. The monoisotopic (exact) mass is 531 g/mol. The van der Waals surface area contributed by atoms with Crippen LogP contribution in [-0.4, -0.2) is 11.1 Å². The molecule has 1 heteroatoms. The molecule has 0 unspecified atom stereocenters. The Kier molecular flexibility index (Phi) is 7.20. The predicted molar refractivity (Wildman–Crippen MR) is 176 cm³/mol. The van der Waals surface area contributed by atoms with Crippen LogP contribution in [0.3, 0.4) is 0 Å². The van der Waals surface area contributed by atoms with Crippen molar-refractivity contribution in [3.63, 3.8) is 0 Å². The van der Waals surface area contributed by atoms with E-state index in [9.17, 15) is 0 Å². The molecule has 0 radical (unpaired) electrons. The summed E-state index contributed by atoms with van der Waals surface area (Å²) in [6, 6.07) is 39.0. The largest absolute Gasteiger partial charge is 0.347 e. The highest BCUT2D eigenvalue weighted by Crippen LogP contribution is 2.42. The Bertz CT molecular complexity index is 1500. The molecule has 0 fully saturated rings. The van der Waals surface area contributed by atoms with E-state index in [2.05, 4.69) is 183 Å². The van der Waals surface area contributed by atoms with Crippen molar-refractivity contribution in [3.05, 3.63) is 181 Å². The van der Waals surface area contributed by atoms with Gasteiger partial charge in [0.2, 0.25) is 0 Å². The third-order valence-corrected chi connectivity index (χ3v) is 8.50. The van der Waals surface area contributed by atoms with Crippen molar-refractivity contribution in [2.24, 2.45) is 0 Å². The molecular weight excluding hydrogens is 494 g/mol. The van der Waals surface area contributed by atoms with Gasteiger partial charge in [0.15, 0.2) is 0 Å². The van der Waals surface area contributed by atoms with Crippen molar-refractivity contribution in [3.8, 4) is 11.1 Å². The average molecular weight is 532 g/mol. The van der Waals surface area contributed by atoms with Crippen LogP contribution in [-0.2, 0) is 0 Å². The molecule has 0 aromatic heterocycles. The highest BCUT2D eigenvalue weighted by Gasteiger charge is 2.40. The van der Waals surface area contributed by atoms with E-state index in [1.807, 2.05) is 6.08 Å². The SMILES string of the molecule is C=Cc1ccc(-c2ccc(N(C3(C)C=CC(c4ccccc4)C=C3)C3(C)C=CC(c4ccccc4)C=C3)cc2)cc1. The van der Waals surface area contributed by atoms with E-state index >= 15 is 0 Å². The van der Waals surface area contributed by atoms with E-state index in [1.165, 1.54) is 27.9 Å². The molecule has 0 amide bonds. The number of anilines is 1. The van der Waals surface area contributed by atoms with Crippen LogP contribution < -0.4 is 4.90 Å². The molecule has 0 N–H and O–H groups in total. The summed E-state index contributed by atoms with van der Waals surface area (Å²) in [6.07, 6.45) is 20.8. The zero-order valence-corrected chi connectivity index (χ0v) is 23.9. The smallest absolute Gasteiger partial charge is 0.0752 e. The fourth-order valence-corrected chi connectivity index (χ4v) is 6.22. The van der Waals surface area contributed by atoms with Crippen molar-refractivity contribution in [2.75, 3.05) is 4.90 Å². The van der Waals surface area contributed by atoms with Gasteiger partial charge in [0.25, 0.3) is 0 Å². The molecule has 0 heterocycles. The highest BCUT2D eigenvalue weighted by atomic mass is 15.3. The van der Waals surface area contributed by atoms with Crippen molar-refractivity contribution in [2.45, 2.75) is 36.8 Å². The number of benzene rings is 4. The molecule has 41 heavy (non-hydrogen) atoms. The maximum atomic E-state index is 3.88. The van der Waals surface area contributed by atoms with Crippen LogP contribution in [0, 0.1) is 0 Å². The Balaban J connectivity index is 1.36. The lowest BCUT2D eigenvalue weighted by molar-refractivity contribution is 0.500. The topological polar surface area (TPSA) is 3.24 Å². The second-order valence-corrected chi connectivity index (χ2v) is 11.5. The maximum absolute atomic E-state index is 3.88. The second-order valence-electron chi connectivity index (χ2n) is 11.5. The van der Waals surface area contributed by atoms with Crippen LogP contribution in [0.15, 0.2) is 164 Å². The van der Waals surface area contributed by atoms with Crippen molar-refractivity contribution in [1.82, 2.24) is 0 Å². The summed E-state index contributed by atoms with van der Waals surface area (Å²) in [5.41, 5.74) is 6.72. The Labute approximate surface area is 245 Å². The van der Waals surface area contributed by atoms with E-state index in [1.54, 1.807) is 0 Å². The second kappa shape index (κ2) is 11.1. The van der Waals surface area contributed by atoms with Crippen LogP contribution in [0.4, 0.5) is 5.69 Å². The van der Waals surface area contributed by atoms with Gasteiger partial charge in [0, 0.05) is 17.5 Å². The molecule has 0 aliphatic heterocycles. The Morgan fingerprint density at radius 1 is 0.537 bits per heavy atom. The molecule has 0 saturated heterocycles. The number of hydrogen-bond donors (Lipinski definition) is 0. The average Bonchev–Trinajstić information content (AvgIpc) is 3.03. The fraction of sp³-hybridized carbons (Fsp3) is 0.150. The van der Waals surface area contributed by atoms with E-state index in [0.29, 0.717) is 0 Å². The minimum absolute atomic E-state index is 0.278. The summed E-state index contributed by atoms with van der Waals surface area (Å²) in [6.45, 7) is 8.52. The van der Waals surface area contributed by atoms with Crippen LogP contribution >= 0.6 is 0 Å². The van der Waals surface area contributed by atoms with Gasteiger partial charge in [-0.3, -0.25) is 0 Å². The van der Waals surface area contributed by atoms with Crippen molar-refractivity contribution in [1.29, 1.82) is 0 Å². The molecule has 0 bridgehead atoms. The molecule has 4 aromatic rings. The number of nitrogens with zero attached hydrogens (tertiary/aromatic N) is 1. The summed E-state index contributed by atoms with van der Waals surface area (Å²) in [5.74, 6) is 0.555. The van der Waals surface area contributed by atoms with Gasteiger partial charge in [-0.25, -0.2) is 0 Å². The van der Waals surface area contributed by atoms with Gasteiger partial charge in [-0.1, -0.05) is 158 Å². The van der Waals surface area contributed by atoms with Crippen molar-refractivity contribution >= 4 is 11.8 Å². The zero-order chi connectivity index (χ0) is 28.3. The van der Waals surface area contributed by atoms with E-state index < -0.39 is 0 Å². The normalized spacial score (nSPS) is 24.7. The quantitative estimate of drug-likeness (QED) is 0.214. The first-order valence-electron chi connectivity index (χ1n) is 14.5. The first kappa shape index (κ1) is 26.6. The lowest BCUT2D eigenvalue weighted by Crippen LogP contribution is -2.56. The molecule has 0 saturated carbocycles. The molecule has 202 valence electrons. The summed E-state index contributed by atoms with van der Waals surface area (Å²) in [7, 11) is 0. The highest BCUT2D eigenvalue weighted by molar-refractivity contribution is 5.70. The number of hydrogen-bond acceptors (Lipinski definition) is 1. The molecule has 2 aliphatic carbocycles. The van der Waals surface area contributed by atoms with Gasteiger partial charge in [0.1, 0.15) is 0 Å². The minimum atomic E-state index is -0.318. The van der Waals surface area contributed by atoms with E-state index in [4.69, 9.17) is 0 Å². The van der Waals surface area contributed by atoms with Gasteiger partial charge in [-0.15, -0.1) is 0 Å². The van der Waals surface area contributed by atoms with Gasteiger partial charge in [0.05, 0.1) is 11.1 Å². The third kappa shape index (κ3) is 5.41.